The Morgan fingerprint density at radius 1 is 1.14 bits per heavy atom. The van der Waals surface area contributed by atoms with E-state index in [2.05, 4.69) is 57.9 Å². The number of hydrogen-bond acceptors (Lipinski definition) is 7. The number of nitrogens with one attached hydrogen (secondary N) is 1. The van der Waals surface area contributed by atoms with Crippen molar-refractivity contribution in [3.05, 3.63) is 47.3 Å². The van der Waals surface area contributed by atoms with Gasteiger partial charge in [0.05, 0.1) is 17.1 Å². The summed E-state index contributed by atoms with van der Waals surface area (Å²) < 4.78 is 3.70. The summed E-state index contributed by atoms with van der Waals surface area (Å²) in [5.41, 5.74) is 4.43. The van der Waals surface area contributed by atoms with E-state index >= 15 is 0 Å². The van der Waals surface area contributed by atoms with Gasteiger partial charge in [-0.05, 0) is 44.0 Å². The average molecular weight is 434 g/mol. The Morgan fingerprint density at radius 2 is 1.86 bits per heavy atom. The van der Waals surface area contributed by atoms with E-state index in [9.17, 15) is 4.79 Å². The van der Waals surface area contributed by atoms with Crippen molar-refractivity contribution in [1.82, 2.24) is 25.3 Å². The summed E-state index contributed by atoms with van der Waals surface area (Å²) in [6, 6.07) is 10.5. The Morgan fingerprint density at radius 3 is 2.50 bits per heavy atom. The minimum absolute atomic E-state index is 0.0407. The van der Waals surface area contributed by atoms with Crippen LogP contribution in [-0.2, 0) is 10.5 Å². The number of aryl methyl sites for hydroxylation is 2. The van der Waals surface area contributed by atoms with Crippen molar-refractivity contribution in [1.29, 1.82) is 0 Å². The molecule has 0 aliphatic heterocycles. The third-order valence-electron chi connectivity index (χ3n) is 3.84. The van der Waals surface area contributed by atoms with Crippen molar-refractivity contribution >= 4 is 40.8 Å². The fourth-order valence-electron chi connectivity index (χ4n) is 2.53. The van der Waals surface area contributed by atoms with Gasteiger partial charge in [0.1, 0.15) is 0 Å². The van der Waals surface area contributed by atoms with Crippen LogP contribution in [0.1, 0.15) is 30.3 Å². The van der Waals surface area contributed by atoms with Gasteiger partial charge in [-0.25, -0.2) is 4.68 Å². The number of aromatic nitrogens is 4. The van der Waals surface area contributed by atoms with Crippen LogP contribution in [0.4, 0.5) is 0 Å². The molecule has 28 heavy (non-hydrogen) atoms. The van der Waals surface area contributed by atoms with Gasteiger partial charge in [-0.3, -0.25) is 4.79 Å². The molecule has 0 aliphatic carbocycles. The smallest absolute Gasteiger partial charge is 0.230 e. The highest BCUT2D eigenvalue weighted by Gasteiger charge is 2.09. The first-order valence-electron chi connectivity index (χ1n) is 9.03. The predicted octanol–water partition coefficient (Wildman–Crippen LogP) is 4.25. The molecule has 6 nitrogen and oxygen atoms in total. The van der Waals surface area contributed by atoms with Crippen LogP contribution in [0.3, 0.4) is 0 Å². The third-order valence-corrected chi connectivity index (χ3v) is 7.10. The van der Waals surface area contributed by atoms with Crippen molar-refractivity contribution in [3.63, 3.8) is 0 Å². The van der Waals surface area contributed by atoms with Gasteiger partial charge in [0.2, 0.25) is 5.91 Å². The van der Waals surface area contributed by atoms with Crippen LogP contribution in [0.2, 0.25) is 0 Å². The fourth-order valence-corrected chi connectivity index (χ4v) is 5.33. The molecule has 2 aromatic heterocycles. The van der Waals surface area contributed by atoms with Crippen LogP contribution in [0.15, 0.2) is 39.0 Å². The van der Waals surface area contributed by atoms with Gasteiger partial charge >= 0.3 is 0 Å². The average Bonchev–Trinajstić information content (AvgIpc) is 3.29. The van der Waals surface area contributed by atoms with Crippen molar-refractivity contribution in [2.24, 2.45) is 0 Å². The second kappa shape index (κ2) is 10.1. The molecule has 148 valence electrons. The number of carbonyl (C=O) groups is 1. The number of carbonyl (C=O) groups excluding carboxylic acids is 1. The molecular weight excluding hydrogens is 410 g/mol. The first-order chi connectivity index (χ1) is 13.5. The van der Waals surface area contributed by atoms with Gasteiger partial charge in [-0.1, -0.05) is 53.9 Å². The van der Waals surface area contributed by atoms with Gasteiger partial charge < -0.3 is 5.32 Å². The van der Waals surface area contributed by atoms with Crippen LogP contribution in [0, 0.1) is 13.8 Å². The molecule has 2 heterocycles. The largest absolute Gasteiger partial charge is 0.355 e. The third kappa shape index (κ3) is 5.83. The number of benzene rings is 1. The molecule has 0 spiro atoms. The zero-order valence-corrected chi connectivity index (χ0v) is 18.6. The molecule has 1 aromatic carbocycles. The van der Waals surface area contributed by atoms with E-state index in [0.717, 1.165) is 44.5 Å². The lowest BCUT2D eigenvalue weighted by molar-refractivity contribution is -0.118. The topological polar surface area (TPSA) is 72.7 Å². The molecule has 0 bridgehead atoms. The molecule has 0 unspecified atom stereocenters. The van der Waals surface area contributed by atoms with Gasteiger partial charge in [0.15, 0.2) is 8.68 Å². The Kier molecular flexibility index (Phi) is 7.52. The quantitative estimate of drug-likeness (QED) is 0.509. The monoisotopic (exact) mass is 433 g/mol. The van der Waals surface area contributed by atoms with Crippen LogP contribution in [-0.4, -0.2) is 38.2 Å². The molecule has 0 saturated heterocycles. The first kappa shape index (κ1) is 20.9. The van der Waals surface area contributed by atoms with E-state index in [1.807, 2.05) is 18.5 Å². The number of amides is 1. The highest BCUT2D eigenvalue weighted by molar-refractivity contribution is 8.03. The van der Waals surface area contributed by atoms with E-state index in [-0.39, 0.29) is 5.91 Å². The van der Waals surface area contributed by atoms with Gasteiger partial charge in [0, 0.05) is 18.0 Å². The highest BCUT2D eigenvalue weighted by atomic mass is 32.2. The van der Waals surface area contributed by atoms with E-state index in [1.165, 1.54) is 28.7 Å². The highest BCUT2D eigenvalue weighted by Crippen LogP contribution is 2.30. The van der Waals surface area contributed by atoms with E-state index in [4.69, 9.17) is 0 Å². The van der Waals surface area contributed by atoms with Crippen molar-refractivity contribution in [3.8, 4) is 5.69 Å². The molecule has 1 amide bonds. The summed E-state index contributed by atoms with van der Waals surface area (Å²) >= 11 is 4.63. The van der Waals surface area contributed by atoms with Crippen molar-refractivity contribution in [2.45, 2.75) is 41.6 Å². The lowest BCUT2D eigenvalue weighted by Crippen LogP contribution is -2.25. The van der Waals surface area contributed by atoms with E-state index in [0.29, 0.717) is 5.75 Å². The van der Waals surface area contributed by atoms with Crippen LogP contribution >= 0.6 is 34.9 Å². The molecule has 0 fully saturated rings. The van der Waals surface area contributed by atoms with Crippen LogP contribution in [0.25, 0.3) is 5.69 Å². The zero-order valence-electron chi connectivity index (χ0n) is 16.1. The summed E-state index contributed by atoms with van der Waals surface area (Å²) in [7, 11) is 0. The molecule has 9 heteroatoms. The van der Waals surface area contributed by atoms with Crippen LogP contribution in [0.5, 0.6) is 0 Å². The first-order valence-corrected chi connectivity index (χ1v) is 11.8. The maximum Gasteiger partial charge on any atom is 0.230 e. The predicted molar refractivity (Wildman–Crippen MR) is 117 cm³/mol. The number of rotatable bonds is 9. The maximum absolute atomic E-state index is 11.7. The Labute approximate surface area is 177 Å². The molecular formula is C19H23N5OS3. The molecule has 0 radical (unpaired) electrons. The summed E-state index contributed by atoms with van der Waals surface area (Å²) in [4.78, 5) is 11.7. The molecule has 1 N–H and O–H groups in total. The second-order valence-electron chi connectivity index (χ2n) is 6.27. The standard InChI is InChI=1S/C19H23N5OS3/c1-4-9-20-17(25)12-27-19-22-21-18(28-19)26-11-15-5-7-16(8-6-15)24-14(3)10-13(2)23-24/h5-8,10H,4,9,11-12H2,1-3H3,(H,20,25). The van der Waals surface area contributed by atoms with Gasteiger partial charge in [-0.2, -0.15) is 5.10 Å². The lowest BCUT2D eigenvalue weighted by Gasteiger charge is -2.05. The molecule has 3 aromatic rings. The van der Waals surface area contributed by atoms with E-state index in [1.54, 1.807) is 11.8 Å². The number of thioether (sulfide) groups is 2. The van der Waals surface area contributed by atoms with Gasteiger partial charge in [-0.15, -0.1) is 10.2 Å². The summed E-state index contributed by atoms with van der Waals surface area (Å²) in [6.07, 6.45) is 0.943. The van der Waals surface area contributed by atoms with Gasteiger partial charge in [0.25, 0.3) is 0 Å². The lowest BCUT2D eigenvalue weighted by atomic mass is 10.2. The normalized spacial score (nSPS) is 11.0. The van der Waals surface area contributed by atoms with Crippen LogP contribution < -0.4 is 5.32 Å². The summed E-state index contributed by atoms with van der Waals surface area (Å²) in [5.74, 6) is 1.25. The summed E-state index contributed by atoms with van der Waals surface area (Å²) in [6.45, 7) is 6.81. The minimum atomic E-state index is 0.0407. The Hall–Kier alpha value is -1.84. The molecule has 0 atom stereocenters. The SMILES string of the molecule is CCCNC(=O)CSc1nnc(SCc2ccc(-n3nc(C)cc3C)cc2)s1. The Bertz CT molecular complexity index is 920. The second-order valence-corrected chi connectivity index (χ2v) is 9.69. The minimum Gasteiger partial charge on any atom is -0.355 e. The molecule has 3 rings (SSSR count). The zero-order chi connectivity index (χ0) is 19.9. The molecule has 0 saturated carbocycles. The fraction of sp³-hybridized carbons (Fsp3) is 0.368. The van der Waals surface area contributed by atoms with Crippen molar-refractivity contribution in [2.75, 3.05) is 12.3 Å². The number of nitrogens with zero attached hydrogens (tertiary/aromatic N) is 4. The number of hydrogen-bond donors (Lipinski definition) is 1. The summed E-state index contributed by atoms with van der Waals surface area (Å²) in [5, 5.41) is 15.8. The Balaban J connectivity index is 1.50. The maximum atomic E-state index is 11.7. The van der Waals surface area contributed by atoms with Crippen molar-refractivity contribution < 1.29 is 4.79 Å². The molecule has 0 aliphatic rings. The van der Waals surface area contributed by atoms with E-state index < -0.39 is 0 Å².